The number of nitrogens with one attached hydrogen (secondary N) is 2. The molecule has 12 heteroatoms. The molecule has 4 heterocycles. The molecular weight excluding hydrogens is 442 g/mol. The maximum atomic E-state index is 13.6. The summed E-state index contributed by atoms with van der Waals surface area (Å²) in [7, 11) is 1.43. The fraction of sp³-hybridized carbons (Fsp3) is 0.500. The number of ether oxygens (including phenoxy) is 2. The highest BCUT2D eigenvalue weighted by Gasteiger charge is 2.47. The first-order valence-electron chi connectivity index (χ1n) is 10.9. The summed E-state index contributed by atoms with van der Waals surface area (Å²) < 4.78 is 12.2. The van der Waals surface area contributed by atoms with Crippen molar-refractivity contribution < 1.29 is 19.1 Å². The van der Waals surface area contributed by atoms with Crippen LogP contribution in [0.5, 0.6) is 5.75 Å². The average molecular weight is 472 g/mol. The molecule has 0 aliphatic carbocycles. The van der Waals surface area contributed by atoms with E-state index in [9.17, 15) is 14.4 Å². The first-order valence-corrected chi connectivity index (χ1v) is 10.9. The summed E-state index contributed by atoms with van der Waals surface area (Å²) in [5.74, 6) is 0.245. The minimum atomic E-state index is -0.945. The SMILES string of the molecule is COc1c(N)ncnc1Nc1cc(C)c2n(c1=O)C1(CCN(C(=O)OC(C)(C)C)CC1)NC2=O. The number of aromatic nitrogens is 3. The summed E-state index contributed by atoms with van der Waals surface area (Å²) in [6.07, 6.45) is 1.56. The Kier molecular flexibility index (Phi) is 5.62. The minimum absolute atomic E-state index is 0.126. The second-order valence-electron chi connectivity index (χ2n) is 9.45. The van der Waals surface area contributed by atoms with Gasteiger partial charge in [-0.3, -0.25) is 14.2 Å². The zero-order valence-electron chi connectivity index (χ0n) is 19.9. The molecular formula is C22H29N7O5. The topological polar surface area (TPSA) is 154 Å². The van der Waals surface area contributed by atoms with Gasteiger partial charge < -0.3 is 30.7 Å². The molecule has 182 valence electrons. The van der Waals surface area contributed by atoms with Gasteiger partial charge in [-0.2, -0.15) is 0 Å². The number of anilines is 3. The molecule has 0 bridgehead atoms. The van der Waals surface area contributed by atoms with Gasteiger partial charge >= 0.3 is 6.09 Å². The van der Waals surface area contributed by atoms with Crippen LogP contribution in [-0.4, -0.2) is 57.2 Å². The van der Waals surface area contributed by atoms with E-state index in [2.05, 4.69) is 20.6 Å². The largest absolute Gasteiger partial charge is 0.490 e. The molecule has 4 N–H and O–H groups in total. The summed E-state index contributed by atoms with van der Waals surface area (Å²) >= 11 is 0. The predicted octanol–water partition coefficient (Wildman–Crippen LogP) is 1.71. The van der Waals surface area contributed by atoms with E-state index >= 15 is 0 Å². The molecule has 1 fully saturated rings. The quantitative estimate of drug-likeness (QED) is 0.607. The molecule has 12 nitrogen and oxygen atoms in total. The molecule has 0 saturated carbocycles. The zero-order valence-corrected chi connectivity index (χ0v) is 19.9. The van der Waals surface area contributed by atoms with Crippen LogP contribution >= 0.6 is 0 Å². The van der Waals surface area contributed by atoms with Crippen LogP contribution in [-0.2, 0) is 10.4 Å². The summed E-state index contributed by atoms with van der Waals surface area (Å²) in [6.45, 7) is 7.83. The van der Waals surface area contributed by atoms with Gasteiger partial charge in [0, 0.05) is 25.9 Å². The Morgan fingerprint density at radius 3 is 2.53 bits per heavy atom. The molecule has 2 aromatic heterocycles. The lowest BCUT2D eigenvalue weighted by Gasteiger charge is -2.40. The van der Waals surface area contributed by atoms with Crippen LogP contribution in [0.15, 0.2) is 17.2 Å². The Morgan fingerprint density at radius 1 is 1.24 bits per heavy atom. The zero-order chi connectivity index (χ0) is 24.8. The molecule has 4 rings (SSSR count). The van der Waals surface area contributed by atoms with Gasteiger partial charge in [-0.05, 0) is 39.3 Å². The molecule has 1 saturated heterocycles. The number of likely N-dealkylation sites (tertiary alicyclic amines) is 1. The number of fused-ring (bicyclic) bond motifs is 2. The highest BCUT2D eigenvalue weighted by atomic mass is 16.6. The van der Waals surface area contributed by atoms with Gasteiger partial charge in [0.25, 0.3) is 11.5 Å². The number of piperidine rings is 1. The predicted molar refractivity (Wildman–Crippen MR) is 124 cm³/mol. The smallest absolute Gasteiger partial charge is 0.410 e. The van der Waals surface area contributed by atoms with Crippen molar-refractivity contribution in [1.29, 1.82) is 0 Å². The molecule has 0 aromatic carbocycles. The number of carbonyl (C=O) groups is 2. The number of amides is 2. The number of aryl methyl sites for hydroxylation is 1. The van der Waals surface area contributed by atoms with E-state index in [1.165, 1.54) is 18.0 Å². The van der Waals surface area contributed by atoms with Crippen LogP contribution in [0, 0.1) is 6.92 Å². The first-order chi connectivity index (χ1) is 16.0. The standard InChI is InChI=1S/C22H29N7O5/c1-12-10-13(26-17-15(33-5)16(23)24-11-25-17)19(31)29-14(12)18(30)27-22(29)6-8-28(9-7-22)20(32)34-21(2,3)4/h10-11H,6-9H2,1-5H3,(H,27,30)(H3,23,24,25,26). The number of nitrogens with two attached hydrogens (primary N) is 1. The van der Waals surface area contributed by atoms with Gasteiger partial charge in [0.2, 0.25) is 5.75 Å². The lowest BCUT2D eigenvalue weighted by molar-refractivity contribution is 0.00953. The highest BCUT2D eigenvalue weighted by molar-refractivity contribution is 5.97. The number of pyridine rings is 1. The summed E-state index contributed by atoms with van der Waals surface area (Å²) in [6, 6.07) is 1.60. The fourth-order valence-electron chi connectivity index (χ4n) is 4.39. The Bertz CT molecular complexity index is 1210. The Morgan fingerprint density at radius 2 is 1.91 bits per heavy atom. The van der Waals surface area contributed by atoms with Crippen molar-refractivity contribution in [2.45, 2.75) is 51.8 Å². The van der Waals surface area contributed by atoms with Crippen LogP contribution in [0.4, 0.5) is 22.1 Å². The Balaban J connectivity index is 1.68. The molecule has 2 aliphatic heterocycles. The van der Waals surface area contributed by atoms with Crippen LogP contribution in [0.2, 0.25) is 0 Å². The van der Waals surface area contributed by atoms with Gasteiger partial charge in [0.05, 0.1) is 7.11 Å². The number of nitrogens with zero attached hydrogens (tertiary/aromatic N) is 4. The monoisotopic (exact) mass is 471 g/mol. The second-order valence-corrected chi connectivity index (χ2v) is 9.45. The van der Waals surface area contributed by atoms with Gasteiger partial charge in [-0.25, -0.2) is 14.8 Å². The maximum Gasteiger partial charge on any atom is 0.410 e. The molecule has 0 radical (unpaired) electrons. The number of hydrogen-bond acceptors (Lipinski definition) is 9. The molecule has 34 heavy (non-hydrogen) atoms. The first kappa shape index (κ1) is 23.3. The van der Waals surface area contributed by atoms with Crippen molar-refractivity contribution in [3.63, 3.8) is 0 Å². The number of methoxy groups -OCH3 is 1. The van der Waals surface area contributed by atoms with Gasteiger partial charge in [-0.1, -0.05) is 0 Å². The second kappa shape index (κ2) is 8.19. The minimum Gasteiger partial charge on any atom is -0.490 e. The van der Waals surface area contributed by atoms with Crippen LogP contribution < -0.4 is 26.7 Å². The highest BCUT2D eigenvalue weighted by Crippen LogP contribution is 2.35. The van der Waals surface area contributed by atoms with Gasteiger partial charge in [0.1, 0.15) is 29.0 Å². The van der Waals surface area contributed by atoms with Crippen LogP contribution in [0.3, 0.4) is 0 Å². The molecule has 0 unspecified atom stereocenters. The van der Waals surface area contributed by atoms with Crippen molar-refractivity contribution in [3.8, 4) is 5.75 Å². The number of carbonyl (C=O) groups excluding carboxylic acids is 2. The third-order valence-electron chi connectivity index (χ3n) is 5.91. The third-order valence-corrected chi connectivity index (χ3v) is 5.91. The molecule has 0 atom stereocenters. The van der Waals surface area contributed by atoms with E-state index < -0.39 is 22.9 Å². The maximum absolute atomic E-state index is 13.6. The summed E-state index contributed by atoms with van der Waals surface area (Å²) in [5.41, 5.74) is 5.03. The van der Waals surface area contributed by atoms with Gasteiger partial charge in [0.15, 0.2) is 11.6 Å². The van der Waals surface area contributed by atoms with Gasteiger partial charge in [-0.15, -0.1) is 0 Å². The lowest BCUT2D eigenvalue weighted by atomic mass is 9.97. The normalized spacial score (nSPS) is 16.7. The molecule has 2 aliphatic rings. The number of hydrogen-bond donors (Lipinski definition) is 3. The molecule has 1 spiro atoms. The van der Waals surface area contributed by atoms with E-state index in [-0.39, 0.29) is 29.0 Å². The van der Waals surface area contributed by atoms with E-state index in [4.69, 9.17) is 15.2 Å². The average Bonchev–Trinajstić information content (AvgIpc) is 3.03. The third kappa shape index (κ3) is 3.99. The van der Waals surface area contributed by atoms with Crippen molar-refractivity contribution >= 4 is 29.3 Å². The Labute approximate surface area is 196 Å². The fourth-order valence-corrected chi connectivity index (χ4v) is 4.39. The van der Waals surface area contributed by atoms with E-state index in [0.29, 0.717) is 37.2 Å². The molecule has 2 aromatic rings. The number of rotatable bonds is 3. The van der Waals surface area contributed by atoms with E-state index in [1.54, 1.807) is 38.7 Å². The van der Waals surface area contributed by atoms with Crippen LogP contribution in [0.1, 0.15) is 49.7 Å². The number of nitrogen functional groups attached to an aromatic ring is 1. The van der Waals surface area contributed by atoms with E-state index in [0.717, 1.165) is 0 Å². The van der Waals surface area contributed by atoms with Crippen molar-refractivity contribution in [3.05, 3.63) is 34.0 Å². The lowest BCUT2D eigenvalue weighted by Crippen LogP contribution is -2.56. The van der Waals surface area contributed by atoms with Crippen molar-refractivity contribution in [1.82, 2.24) is 24.8 Å². The summed E-state index contributed by atoms with van der Waals surface area (Å²) in [4.78, 5) is 48.6. The Hall–Kier alpha value is -3.83. The van der Waals surface area contributed by atoms with Crippen molar-refractivity contribution in [2.75, 3.05) is 31.2 Å². The van der Waals surface area contributed by atoms with Crippen LogP contribution in [0.25, 0.3) is 0 Å². The molecule has 2 amide bonds. The summed E-state index contributed by atoms with van der Waals surface area (Å²) in [5, 5.41) is 5.97. The van der Waals surface area contributed by atoms with E-state index in [1.807, 2.05) is 0 Å². The van der Waals surface area contributed by atoms with Crippen molar-refractivity contribution in [2.24, 2.45) is 0 Å².